The van der Waals surface area contributed by atoms with Crippen LogP contribution in [-0.4, -0.2) is 83.8 Å². The lowest BCUT2D eigenvalue weighted by Crippen LogP contribution is -2.59. The van der Waals surface area contributed by atoms with Gasteiger partial charge >= 0.3 is 12.2 Å². The van der Waals surface area contributed by atoms with E-state index in [0.717, 1.165) is 11.1 Å². The molecule has 3 aliphatic heterocycles. The maximum Gasteiger partial charge on any atom is 0.410 e. The van der Waals surface area contributed by atoms with Crippen molar-refractivity contribution in [1.82, 2.24) is 14.7 Å². The molecule has 0 aliphatic carbocycles. The van der Waals surface area contributed by atoms with Gasteiger partial charge in [-0.25, -0.2) is 9.59 Å². The molecule has 3 atom stereocenters. The first-order chi connectivity index (χ1) is 19.2. The van der Waals surface area contributed by atoms with Gasteiger partial charge in [0.05, 0.1) is 13.2 Å². The molecule has 3 aliphatic rings. The van der Waals surface area contributed by atoms with Crippen molar-refractivity contribution >= 4 is 18.1 Å². The van der Waals surface area contributed by atoms with Crippen LogP contribution in [0.5, 0.6) is 0 Å². The van der Waals surface area contributed by atoms with E-state index in [4.69, 9.17) is 14.2 Å². The standard InChI is InChI=1S/C31H39N3O6/c1-31(2,3)40-29(36)33-18-24(19-33)25-14-15-34(30(37)39-21-22-10-6-4-7-11-22)27(25)28(35)32-16-17-38-26(20-32)23-12-8-5-9-13-23/h4-13,24-27H,14-21H2,1-3H3/t25-,26-,27-/m0/s1. The molecule has 0 unspecified atom stereocenters. The van der Waals surface area contributed by atoms with Crippen molar-refractivity contribution in [3.63, 3.8) is 0 Å². The molecule has 9 nitrogen and oxygen atoms in total. The van der Waals surface area contributed by atoms with E-state index >= 15 is 0 Å². The Morgan fingerprint density at radius 3 is 2.23 bits per heavy atom. The van der Waals surface area contributed by atoms with Gasteiger partial charge in [0.1, 0.15) is 24.4 Å². The molecular formula is C31H39N3O6. The second-order valence-corrected chi connectivity index (χ2v) is 11.8. The third-order valence-corrected chi connectivity index (χ3v) is 7.85. The molecule has 2 aromatic carbocycles. The van der Waals surface area contributed by atoms with Crippen LogP contribution in [0.3, 0.4) is 0 Å². The maximum absolute atomic E-state index is 14.1. The molecule has 0 radical (unpaired) electrons. The maximum atomic E-state index is 14.1. The largest absolute Gasteiger partial charge is 0.445 e. The Labute approximate surface area is 236 Å². The van der Waals surface area contributed by atoms with E-state index < -0.39 is 17.7 Å². The van der Waals surface area contributed by atoms with Crippen molar-refractivity contribution in [2.75, 3.05) is 39.3 Å². The summed E-state index contributed by atoms with van der Waals surface area (Å²) in [7, 11) is 0. The fourth-order valence-electron chi connectivity index (χ4n) is 5.80. The van der Waals surface area contributed by atoms with Crippen LogP contribution in [0.4, 0.5) is 9.59 Å². The first-order valence-corrected chi connectivity index (χ1v) is 14.1. The number of hydrogen-bond donors (Lipinski definition) is 0. The number of morpholine rings is 1. The monoisotopic (exact) mass is 549 g/mol. The Hall–Kier alpha value is -3.59. The van der Waals surface area contributed by atoms with Gasteiger partial charge in [-0.15, -0.1) is 0 Å². The highest BCUT2D eigenvalue weighted by Gasteiger charge is 2.51. The predicted molar refractivity (Wildman–Crippen MR) is 148 cm³/mol. The van der Waals surface area contributed by atoms with Gasteiger partial charge in [-0.2, -0.15) is 0 Å². The van der Waals surface area contributed by atoms with Gasteiger partial charge in [0, 0.05) is 26.2 Å². The van der Waals surface area contributed by atoms with Crippen LogP contribution >= 0.6 is 0 Å². The zero-order valence-electron chi connectivity index (χ0n) is 23.5. The van der Waals surface area contributed by atoms with Crippen LogP contribution in [0.25, 0.3) is 0 Å². The third-order valence-electron chi connectivity index (χ3n) is 7.85. The number of carbonyl (C=O) groups excluding carboxylic acids is 3. The van der Waals surface area contributed by atoms with E-state index in [-0.39, 0.29) is 36.5 Å². The number of rotatable bonds is 5. The van der Waals surface area contributed by atoms with Crippen LogP contribution in [0.1, 0.15) is 44.4 Å². The van der Waals surface area contributed by atoms with Crippen LogP contribution in [0, 0.1) is 11.8 Å². The SMILES string of the molecule is CC(C)(C)OC(=O)N1CC([C@@H]2CCN(C(=O)OCc3ccccc3)[C@@H]2C(=O)N2CCO[C@H](c3ccccc3)C2)C1. The number of benzene rings is 2. The highest BCUT2D eigenvalue weighted by Crippen LogP contribution is 2.38. The molecule has 9 heteroatoms. The summed E-state index contributed by atoms with van der Waals surface area (Å²) in [5.41, 5.74) is 1.34. The summed E-state index contributed by atoms with van der Waals surface area (Å²) >= 11 is 0. The fourth-order valence-corrected chi connectivity index (χ4v) is 5.80. The summed E-state index contributed by atoms with van der Waals surface area (Å²) in [6.45, 7) is 8.44. The van der Waals surface area contributed by atoms with Crippen molar-refractivity contribution in [2.45, 2.75) is 51.5 Å². The smallest absolute Gasteiger partial charge is 0.410 e. The highest BCUT2D eigenvalue weighted by molar-refractivity contribution is 5.87. The van der Waals surface area contributed by atoms with Gasteiger partial charge in [0.2, 0.25) is 5.91 Å². The second kappa shape index (κ2) is 11.9. The van der Waals surface area contributed by atoms with Crippen molar-refractivity contribution in [2.24, 2.45) is 11.8 Å². The van der Waals surface area contributed by atoms with E-state index in [2.05, 4.69) is 0 Å². The molecule has 5 rings (SSSR count). The highest BCUT2D eigenvalue weighted by atomic mass is 16.6. The lowest BCUT2D eigenvalue weighted by Gasteiger charge is -2.45. The first-order valence-electron chi connectivity index (χ1n) is 14.1. The van der Waals surface area contributed by atoms with Crippen LogP contribution in [0.2, 0.25) is 0 Å². The Balaban J connectivity index is 1.30. The van der Waals surface area contributed by atoms with Crippen molar-refractivity contribution < 1.29 is 28.6 Å². The minimum Gasteiger partial charge on any atom is -0.445 e. The van der Waals surface area contributed by atoms with Crippen LogP contribution in [-0.2, 0) is 25.6 Å². The molecule has 0 aromatic heterocycles. The van der Waals surface area contributed by atoms with Crippen molar-refractivity contribution in [3.05, 3.63) is 71.8 Å². The molecular weight excluding hydrogens is 510 g/mol. The molecule has 0 N–H and O–H groups in total. The average molecular weight is 550 g/mol. The summed E-state index contributed by atoms with van der Waals surface area (Å²) in [5, 5.41) is 0. The minimum atomic E-state index is -0.649. The molecule has 3 fully saturated rings. The van der Waals surface area contributed by atoms with Gasteiger partial charge in [-0.1, -0.05) is 60.7 Å². The van der Waals surface area contributed by atoms with Gasteiger partial charge in [0.25, 0.3) is 0 Å². The summed E-state index contributed by atoms with van der Waals surface area (Å²) in [6, 6.07) is 18.8. The Morgan fingerprint density at radius 2 is 1.55 bits per heavy atom. The molecule has 3 heterocycles. The first kappa shape index (κ1) is 28.0. The summed E-state index contributed by atoms with van der Waals surface area (Å²) in [4.78, 5) is 45.1. The number of likely N-dealkylation sites (tertiary alicyclic amines) is 2. The molecule has 40 heavy (non-hydrogen) atoms. The van der Waals surface area contributed by atoms with Gasteiger partial charge in [0.15, 0.2) is 0 Å². The Kier molecular flexibility index (Phi) is 8.30. The zero-order valence-corrected chi connectivity index (χ0v) is 23.5. The number of amides is 3. The van der Waals surface area contributed by atoms with E-state index in [1.807, 2.05) is 86.3 Å². The number of nitrogens with zero attached hydrogens (tertiary/aromatic N) is 3. The van der Waals surface area contributed by atoms with Crippen molar-refractivity contribution in [1.29, 1.82) is 0 Å². The molecule has 3 saturated heterocycles. The van der Waals surface area contributed by atoms with E-state index in [1.54, 1.807) is 9.80 Å². The Bertz CT molecular complexity index is 1180. The lowest BCUT2D eigenvalue weighted by molar-refractivity contribution is -0.146. The summed E-state index contributed by atoms with van der Waals surface area (Å²) in [6.07, 6.45) is -0.372. The third kappa shape index (κ3) is 6.41. The molecule has 0 spiro atoms. The van der Waals surface area contributed by atoms with Crippen LogP contribution < -0.4 is 0 Å². The van der Waals surface area contributed by atoms with Crippen LogP contribution in [0.15, 0.2) is 60.7 Å². The second-order valence-electron chi connectivity index (χ2n) is 11.8. The number of carbonyl (C=O) groups is 3. The minimum absolute atomic E-state index is 0.0755. The van der Waals surface area contributed by atoms with E-state index in [0.29, 0.717) is 45.8 Å². The molecule has 0 bridgehead atoms. The lowest BCUT2D eigenvalue weighted by atomic mass is 9.80. The van der Waals surface area contributed by atoms with E-state index in [1.165, 1.54) is 0 Å². The summed E-state index contributed by atoms with van der Waals surface area (Å²) in [5.74, 6) is -0.0630. The fraction of sp³-hybridized carbons (Fsp3) is 0.516. The quantitative estimate of drug-likeness (QED) is 0.547. The Morgan fingerprint density at radius 1 is 0.875 bits per heavy atom. The average Bonchev–Trinajstić information content (AvgIpc) is 3.35. The van der Waals surface area contributed by atoms with Gasteiger partial charge < -0.3 is 24.0 Å². The van der Waals surface area contributed by atoms with Gasteiger partial charge in [-0.05, 0) is 50.2 Å². The van der Waals surface area contributed by atoms with Crippen molar-refractivity contribution in [3.8, 4) is 0 Å². The number of ether oxygens (including phenoxy) is 3. The predicted octanol–water partition coefficient (Wildman–Crippen LogP) is 4.48. The zero-order chi connectivity index (χ0) is 28.3. The normalized spacial score (nSPS) is 23.5. The molecule has 0 saturated carbocycles. The molecule has 214 valence electrons. The van der Waals surface area contributed by atoms with E-state index in [9.17, 15) is 14.4 Å². The number of hydrogen-bond acceptors (Lipinski definition) is 6. The molecule has 2 aromatic rings. The summed E-state index contributed by atoms with van der Waals surface area (Å²) < 4.78 is 17.2. The topological polar surface area (TPSA) is 88.6 Å². The van der Waals surface area contributed by atoms with Gasteiger partial charge in [-0.3, -0.25) is 9.69 Å². The molecule has 3 amide bonds.